The molecule has 0 radical (unpaired) electrons. The maximum absolute atomic E-state index is 12.4. The van der Waals surface area contributed by atoms with E-state index in [1.54, 1.807) is 22.7 Å². The van der Waals surface area contributed by atoms with Gasteiger partial charge in [-0.15, -0.1) is 5.10 Å². The summed E-state index contributed by atoms with van der Waals surface area (Å²) < 4.78 is 26.5. The van der Waals surface area contributed by atoms with Gasteiger partial charge in [0, 0.05) is 23.9 Å². The van der Waals surface area contributed by atoms with Gasteiger partial charge in [-0.2, -0.15) is 0 Å². The summed E-state index contributed by atoms with van der Waals surface area (Å²) in [6.07, 6.45) is 4.25. The van der Waals surface area contributed by atoms with E-state index in [1.807, 2.05) is 59.0 Å². The second-order valence-corrected chi connectivity index (χ2v) is 9.47. The molecule has 1 aliphatic heterocycles. The molecule has 7 nitrogen and oxygen atoms in total. The number of likely N-dealkylation sites (tertiary alicyclic amines) is 1. The number of hydrogen-bond acceptors (Lipinski definition) is 6. The molecular formula is C27H43F2N7. The van der Waals surface area contributed by atoms with E-state index in [0.29, 0.717) is 6.42 Å². The molecule has 0 unspecified atom stereocenters. The van der Waals surface area contributed by atoms with Crippen LogP contribution < -0.4 is 5.73 Å². The summed E-state index contributed by atoms with van der Waals surface area (Å²) in [5, 5.41) is 4.13. The summed E-state index contributed by atoms with van der Waals surface area (Å²) in [7, 11) is 1.73. The van der Waals surface area contributed by atoms with Crippen molar-refractivity contribution in [2.24, 2.45) is 10.9 Å². The Kier molecular flexibility index (Phi) is 12.6. The van der Waals surface area contributed by atoms with Crippen molar-refractivity contribution in [3.8, 4) is 11.3 Å². The normalized spacial score (nSPS) is 14.6. The highest BCUT2D eigenvalue weighted by molar-refractivity contribution is 5.83. The van der Waals surface area contributed by atoms with Gasteiger partial charge >= 0.3 is 0 Å². The number of pyridine rings is 1. The van der Waals surface area contributed by atoms with Crippen LogP contribution in [-0.2, 0) is 0 Å². The van der Waals surface area contributed by atoms with E-state index < -0.39 is 5.92 Å². The van der Waals surface area contributed by atoms with Crippen LogP contribution in [-0.4, -0.2) is 56.3 Å². The lowest BCUT2D eigenvalue weighted by molar-refractivity contribution is -0.0571. The van der Waals surface area contributed by atoms with Crippen molar-refractivity contribution < 1.29 is 8.78 Å². The van der Waals surface area contributed by atoms with Gasteiger partial charge in [-0.25, -0.2) is 18.3 Å². The Hall–Kier alpha value is -2.94. The van der Waals surface area contributed by atoms with E-state index in [4.69, 9.17) is 5.73 Å². The van der Waals surface area contributed by atoms with Crippen LogP contribution in [0, 0.1) is 12.8 Å². The molecular weight excluding hydrogens is 460 g/mol. The van der Waals surface area contributed by atoms with Crippen LogP contribution in [0.2, 0.25) is 0 Å². The van der Waals surface area contributed by atoms with Crippen molar-refractivity contribution in [1.29, 1.82) is 0 Å². The molecule has 1 saturated heterocycles. The molecule has 0 atom stereocenters. The third kappa shape index (κ3) is 10.4. The quantitative estimate of drug-likeness (QED) is 0.387. The van der Waals surface area contributed by atoms with Gasteiger partial charge in [0.05, 0.1) is 35.3 Å². The molecule has 4 heterocycles. The molecule has 3 aromatic heterocycles. The number of aromatic nitrogens is 4. The van der Waals surface area contributed by atoms with Crippen LogP contribution in [0.4, 0.5) is 20.4 Å². The van der Waals surface area contributed by atoms with E-state index in [-0.39, 0.29) is 18.9 Å². The van der Waals surface area contributed by atoms with Crippen molar-refractivity contribution in [3.63, 3.8) is 0 Å². The first kappa shape index (κ1) is 31.1. The van der Waals surface area contributed by atoms with Crippen LogP contribution in [0.15, 0.2) is 35.6 Å². The first-order valence-electron chi connectivity index (χ1n) is 12.5. The van der Waals surface area contributed by atoms with E-state index >= 15 is 0 Å². The number of fused-ring (bicyclic) bond motifs is 1. The minimum absolute atomic E-state index is 0.0625. The second-order valence-electron chi connectivity index (χ2n) is 9.47. The van der Waals surface area contributed by atoms with Gasteiger partial charge in [-0.3, -0.25) is 9.98 Å². The maximum Gasteiger partial charge on any atom is 0.260 e. The zero-order valence-corrected chi connectivity index (χ0v) is 23.3. The Labute approximate surface area is 214 Å². The second kappa shape index (κ2) is 14.6. The fourth-order valence-electron chi connectivity index (χ4n) is 3.35. The number of anilines is 1. The number of piperidine rings is 1. The standard InChI is InChI=1S/C15H16N6.C6H11F2N.C4H10.C2H6/c1-9(2)18-12-4-5-13(19-10(12)3)11-6-7-21-14(11)8-17-15(16)20-21;1-9-4-2-3-6(7,8)5-9;1-4(2)3;1-2/h4-8H,1-3H3,(H2,16,20);2-5H2,1H3;4H,1-3H3;1-2H3. The smallest absolute Gasteiger partial charge is 0.260 e. The van der Waals surface area contributed by atoms with Gasteiger partial charge in [0.15, 0.2) is 0 Å². The zero-order valence-electron chi connectivity index (χ0n) is 23.3. The number of aliphatic imine (C=N–C) groups is 1. The number of nitrogens with zero attached hydrogens (tertiary/aromatic N) is 6. The van der Waals surface area contributed by atoms with Crippen molar-refractivity contribution in [1.82, 2.24) is 24.5 Å². The average molecular weight is 504 g/mol. The van der Waals surface area contributed by atoms with Crippen molar-refractivity contribution in [2.45, 2.75) is 74.2 Å². The number of hydrogen-bond donors (Lipinski definition) is 1. The number of alkyl halides is 2. The van der Waals surface area contributed by atoms with Gasteiger partial charge in [0.25, 0.3) is 5.92 Å². The Bertz CT molecular complexity index is 1100. The van der Waals surface area contributed by atoms with Crippen LogP contribution in [0.1, 0.15) is 67.0 Å². The molecule has 0 aliphatic carbocycles. The predicted molar refractivity (Wildman–Crippen MR) is 147 cm³/mol. The molecule has 1 aliphatic rings. The molecule has 200 valence electrons. The van der Waals surface area contributed by atoms with Gasteiger partial charge in [-0.1, -0.05) is 34.6 Å². The van der Waals surface area contributed by atoms with Crippen molar-refractivity contribution in [2.75, 3.05) is 25.9 Å². The number of aryl methyl sites for hydroxylation is 1. The Balaban J connectivity index is 0.000000358. The molecule has 9 heteroatoms. The third-order valence-corrected chi connectivity index (χ3v) is 4.70. The first-order valence-corrected chi connectivity index (χ1v) is 12.5. The number of rotatable bonds is 2. The lowest BCUT2D eigenvalue weighted by Crippen LogP contribution is -2.39. The fourth-order valence-corrected chi connectivity index (χ4v) is 3.35. The van der Waals surface area contributed by atoms with Crippen LogP contribution in [0.25, 0.3) is 16.8 Å². The monoisotopic (exact) mass is 503 g/mol. The lowest BCUT2D eigenvalue weighted by atomic mass is 10.1. The summed E-state index contributed by atoms with van der Waals surface area (Å²) >= 11 is 0. The Morgan fingerprint density at radius 3 is 2.28 bits per heavy atom. The summed E-state index contributed by atoms with van der Waals surface area (Å²) in [4.78, 5) is 14.8. The van der Waals surface area contributed by atoms with Crippen LogP contribution in [0.5, 0.6) is 0 Å². The number of nitrogens with two attached hydrogens (primary N) is 1. The molecule has 2 N–H and O–H groups in total. The lowest BCUT2D eigenvalue weighted by Gasteiger charge is -2.28. The van der Waals surface area contributed by atoms with Gasteiger partial charge in [0.1, 0.15) is 0 Å². The van der Waals surface area contributed by atoms with Gasteiger partial charge in [-0.05, 0) is 64.9 Å². The highest BCUT2D eigenvalue weighted by Crippen LogP contribution is 2.27. The molecule has 0 aromatic carbocycles. The molecule has 3 aromatic rings. The largest absolute Gasteiger partial charge is 0.367 e. The summed E-state index contributed by atoms with van der Waals surface area (Å²) in [6, 6.07) is 5.89. The minimum Gasteiger partial charge on any atom is -0.367 e. The molecule has 0 spiro atoms. The van der Waals surface area contributed by atoms with Crippen LogP contribution in [0.3, 0.4) is 0 Å². The van der Waals surface area contributed by atoms with Crippen molar-refractivity contribution >= 4 is 22.9 Å². The molecule has 4 rings (SSSR count). The summed E-state index contributed by atoms with van der Waals surface area (Å²) in [5.41, 5.74) is 11.1. The van der Waals surface area contributed by atoms with E-state index in [2.05, 4.69) is 40.8 Å². The average Bonchev–Trinajstić information content (AvgIpc) is 3.18. The van der Waals surface area contributed by atoms with E-state index in [0.717, 1.165) is 46.3 Å². The van der Waals surface area contributed by atoms with Gasteiger partial charge < -0.3 is 10.6 Å². The molecule has 0 amide bonds. The summed E-state index contributed by atoms with van der Waals surface area (Å²) in [6.45, 7) is 17.1. The number of nitrogen functional groups attached to an aromatic ring is 1. The minimum atomic E-state index is -2.42. The maximum atomic E-state index is 12.4. The highest BCUT2D eigenvalue weighted by atomic mass is 19.3. The highest BCUT2D eigenvalue weighted by Gasteiger charge is 2.33. The van der Waals surface area contributed by atoms with E-state index in [9.17, 15) is 8.78 Å². The third-order valence-electron chi connectivity index (χ3n) is 4.70. The summed E-state index contributed by atoms with van der Waals surface area (Å²) in [5.74, 6) is -1.34. The zero-order chi connectivity index (χ0) is 27.5. The SMILES string of the molecule is CC.CC(C)=Nc1ccc(-c2ccn3nc(N)ncc23)nc1C.CC(C)C.CN1CCCC(F)(F)C1. The van der Waals surface area contributed by atoms with Gasteiger partial charge in [0.2, 0.25) is 5.95 Å². The Morgan fingerprint density at radius 2 is 1.78 bits per heavy atom. The fraction of sp³-hybridized carbons (Fsp3) is 0.556. The van der Waals surface area contributed by atoms with E-state index in [1.165, 1.54) is 0 Å². The predicted octanol–water partition coefficient (Wildman–Crippen LogP) is 6.83. The molecule has 0 saturated carbocycles. The Morgan fingerprint density at radius 1 is 1.14 bits per heavy atom. The molecule has 1 fully saturated rings. The topological polar surface area (TPSA) is 84.7 Å². The number of halogens is 2. The molecule has 36 heavy (non-hydrogen) atoms. The molecule has 0 bridgehead atoms. The van der Waals surface area contributed by atoms with Crippen molar-refractivity contribution in [3.05, 3.63) is 36.3 Å². The first-order chi connectivity index (χ1) is 16.9. The van der Waals surface area contributed by atoms with Crippen LogP contribution >= 0.6 is 0 Å².